The van der Waals surface area contributed by atoms with Crippen molar-refractivity contribution in [1.29, 1.82) is 0 Å². The molecule has 80 valence electrons. The number of nitrogens with two attached hydrogens (primary N) is 1. The molecule has 1 aromatic heterocycles. The molecule has 2 N–H and O–H groups in total. The molecule has 2 rings (SSSR count). The third-order valence-corrected chi connectivity index (χ3v) is 2.85. The van der Waals surface area contributed by atoms with Gasteiger partial charge in [0.05, 0.1) is 6.26 Å². The molecule has 2 aromatic rings. The second-order valence-electron chi connectivity index (χ2n) is 3.98. The summed E-state index contributed by atoms with van der Waals surface area (Å²) in [7, 11) is 0. The number of furan rings is 1. The standard InChI is InChI=1S/C12H14FNO/c1-7(8(2)14)10-6-12-9(3-4-15-12)5-11(10)13/h3-8H,14H2,1-2H3. The van der Waals surface area contributed by atoms with E-state index in [0.717, 1.165) is 5.39 Å². The third-order valence-electron chi connectivity index (χ3n) is 2.85. The second kappa shape index (κ2) is 3.66. The molecule has 1 aromatic carbocycles. The molecule has 0 amide bonds. The van der Waals surface area contributed by atoms with Gasteiger partial charge in [-0.2, -0.15) is 0 Å². The third kappa shape index (κ3) is 1.75. The molecule has 3 heteroatoms. The summed E-state index contributed by atoms with van der Waals surface area (Å²) in [6.07, 6.45) is 1.56. The van der Waals surface area contributed by atoms with Crippen molar-refractivity contribution in [2.45, 2.75) is 25.8 Å². The Morgan fingerprint density at radius 3 is 2.73 bits per heavy atom. The van der Waals surface area contributed by atoms with Crippen molar-refractivity contribution < 1.29 is 8.81 Å². The van der Waals surface area contributed by atoms with Crippen molar-refractivity contribution in [2.75, 3.05) is 0 Å². The molecular weight excluding hydrogens is 193 g/mol. The van der Waals surface area contributed by atoms with Gasteiger partial charge in [-0.3, -0.25) is 0 Å². The average molecular weight is 207 g/mol. The maximum atomic E-state index is 13.7. The average Bonchev–Trinajstić information content (AvgIpc) is 2.62. The zero-order valence-electron chi connectivity index (χ0n) is 8.83. The van der Waals surface area contributed by atoms with E-state index >= 15 is 0 Å². The smallest absolute Gasteiger partial charge is 0.134 e. The van der Waals surface area contributed by atoms with Crippen molar-refractivity contribution in [2.24, 2.45) is 5.73 Å². The van der Waals surface area contributed by atoms with Gasteiger partial charge in [-0.15, -0.1) is 0 Å². The molecule has 0 saturated heterocycles. The van der Waals surface area contributed by atoms with Crippen LogP contribution in [0.2, 0.25) is 0 Å². The highest BCUT2D eigenvalue weighted by Crippen LogP contribution is 2.26. The summed E-state index contributed by atoms with van der Waals surface area (Å²) in [6, 6.07) is 4.90. The van der Waals surface area contributed by atoms with E-state index in [0.29, 0.717) is 11.1 Å². The van der Waals surface area contributed by atoms with Crippen LogP contribution in [-0.4, -0.2) is 6.04 Å². The quantitative estimate of drug-likeness (QED) is 0.822. The van der Waals surface area contributed by atoms with Crippen LogP contribution in [0, 0.1) is 5.82 Å². The molecule has 2 atom stereocenters. The van der Waals surface area contributed by atoms with Crippen LogP contribution in [0.5, 0.6) is 0 Å². The topological polar surface area (TPSA) is 39.2 Å². The van der Waals surface area contributed by atoms with Crippen LogP contribution in [0.3, 0.4) is 0 Å². The Hall–Kier alpha value is -1.35. The van der Waals surface area contributed by atoms with Crippen molar-refractivity contribution in [1.82, 2.24) is 0 Å². The normalized spacial score (nSPS) is 15.5. The molecule has 1 heterocycles. The Labute approximate surface area is 87.9 Å². The van der Waals surface area contributed by atoms with Gasteiger partial charge in [-0.25, -0.2) is 4.39 Å². The monoisotopic (exact) mass is 207 g/mol. The summed E-state index contributed by atoms with van der Waals surface area (Å²) in [5.41, 5.74) is 7.08. The Bertz CT molecular complexity index is 475. The predicted molar refractivity (Wildman–Crippen MR) is 58.2 cm³/mol. The number of halogens is 1. The summed E-state index contributed by atoms with van der Waals surface area (Å²) >= 11 is 0. The minimum atomic E-state index is -0.214. The maximum absolute atomic E-state index is 13.7. The van der Waals surface area contributed by atoms with Crippen LogP contribution in [-0.2, 0) is 0 Å². The van der Waals surface area contributed by atoms with Gasteiger partial charge in [-0.1, -0.05) is 6.92 Å². The van der Waals surface area contributed by atoms with E-state index in [9.17, 15) is 4.39 Å². The fourth-order valence-corrected chi connectivity index (χ4v) is 1.63. The van der Waals surface area contributed by atoms with Crippen molar-refractivity contribution >= 4 is 11.0 Å². The Kier molecular flexibility index (Phi) is 2.49. The lowest BCUT2D eigenvalue weighted by atomic mass is 9.94. The fraction of sp³-hybridized carbons (Fsp3) is 0.333. The van der Waals surface area contributed by atoms with Crippen molar-refractivity contribution in [3.05, 3.63) is 35.8 Å². The van der Waals surface area contributed by atoms with E-state index < -0.39 is 0 Å². The molecular formula is C12H14FNO. The van der Waals surface area contributed by atoms with E-state index in [1.807, 2.05) is 13.8 Å². The van der Waals surface area contributed by atoms with E-state index in [2.05, 4.69) is 0 Å². The summed E-state index contributed by atoms with van der Waals surface area (Å²) in [4.78, 5) is 0. The van der Waals surface area contributed by atoms with E-state index in [-0.39, 0.29) is 17.8 Å². The highest BCUT2D eigenvalue weighted by Gasteiger charge is 2.16. The molecule has 15 heavy (non-hydrogen) atoms. The Morgan fingerprint density at radius 1 is 1.33 bits per heavy atom. The van der Waals surface area contributed by atoms with Crippen LogP contribution in [0.4, 0.5) is 4.39 Å². The van der Waals surface area contributed by atoms with Gasteiger partial charge in [0.1, 0.15) is 11.4 Å². The lowest BCUT2D eigenvalue weighted by Gasteiger charge is -2.16. The summed E-state index contributed by atoms with van der Waals surface area (Å²) < 4.78 is 18.9. The van der Waals surface area contributed by atoms with E-state index in [1.165, 1.54) is 6.07 Å². The molecule has 0 aliphatic heterocycles. The molecule has 2 unspecified atom stereocenters. The Balaban J connectivity index is 2.54. The lowest BCUT2D eigenvalue weighted by Crippen LogP contribution is -2.23. The van der Waals surface area contributed by atoms with Gasteiger partial charge in [0.25, 0.3) is 0 Å². The minimum Gasteiger partial charge on any atom is -0.464 e. The van der Waals surface area contributed by atoms with E-state index in [1.54, 1.807) is 18.4 Å². The maximum Gasteiger partial charge on any atom is 0.134 e. The zero-order valence-corrected chi connectivity index (χ0v) is 8.83. The van der Waals surface area contributed by atoms with Crippen LogP contribution < -0.4 is 5.73 Å². The van der Waals surface area contributed by atoms with Gasteiger partial charge in [-0.05, 0) is 36.6 Å². The highest BCUT2D eigenvalue weighted by atomic mass is 19.1. The first-order valence-corrected chi connectivity index (χ1v) is 5.02. The predicted octanol–water partition coefficient (Wildman–Crippen LogP) is 3.02. The number of benzene rings is 1. The highest BCUT2D eigenvalue weighted by molar-refractivity contribution is 5.78. The van der Waals surface area contributed by atoms with Crippen LogP contribution in [0.15, 0.2) is 28.9 Å². The number of rotatable bonds is 2. The molecule has 0 saturated carbocycles. The summed E-state index contributed by atoms with van der Waals surface area (Å²) in [5.74, 6) is -0.229. The SMILES string of the molecule is CC(N)C(C)c1cc2occc2cc1F. The first-order chi connectivity index (χ1) is 7.09. The van der Waals surface area contributed by atoms with Crippen molar-refractivity contribution in [3.63, 3.8) is 0 Å². The largest absolute Gasteiger partial charge is 0.464 e. The molecule has 0 bridgehead atoms. The first kappa shape index (κ1) is 10.2. The van der Waals surface area contributed by atoms with Crippen LogP contribution in [0.1, 0.15) is 25.3 Å². The number of hydrogen-bond acceptors (Lipinski definition) is 2. The summed E-state index contributed by atoms with van der Waals surface area (Å²) in [5, 5.41) is 0.785. The fourth-order valence-electron chi connectivity index (χ4n) is 1.63. The Morgan fingerprint density at radius 2 is 2.07 bits per heavy atom. The van der Waals surface area contributed by atoms with E-state index in [4.69, 9.17) is 10.2 Å². The van der Waals surface area contributed by atoms with Gasteiger partial charge in [0.15, 0.2) is 0 Å². The molecule has 0 spiro atoms. The molecule has 0 radical (unpaired) electrons. The summed E-state index contributed by atoms with van der Waals surface area (Å²) in [6.45, 7) is 3.79. The number of fused-ring (bicyclic) bond motifs is 1. The molecule has 0 fully saturated rings. The second-order valence-corrected chi connectivity index (χ2v) is 3.98. The van der Waals surface area contributed by atoms with Crippen LogP contribution in [0.25, 0.3) is 11.0 Å². The molecule has 0 aliphatic rings. The van der Waals surface area contributed by atoms with Gasteiger partial charge in [0, 0.05) is 11.4 Å². The number of hydrogen-bond donors (Lipinski definition) is 1. The van der Waals surface area contributed by atoms with Crippen molar-refractivity contribution in [3.8, 4) is 0 Å². The molecule has 2 nitrogen and oxygen atoms in total. The first-order valence-electron chi connectivity index (χ1n) is 5.02. The lowest BCUT2D eigenvalue weighted by molar-refractivity contribution is 0.548. The zero-order chi connectivity index (χ0) is 11.0. The van der Waals surface area contributed by atoms with Gasteiger partial charge in [0.2, 0.25) is 0 Å². The van der Waals surface area contributed by atoms with Crippen LogP contribution >= 0.6 is 0 Å². The van der Waals surface area contributed by atoms with Gasteiger partial charge < -0.3 is 10.2 Å². The molecule has 0 aliphatic carbocycles. The minimum absolute atomic E-state index is 0.0144. The van der Waals surface area contributed by atoms with Gasteiger partial charge >= 0.3 is 0 Å².